The standard InChI is InChI=1S/C15H14F2N2O3S/c16-11-3-1-10(14(17)9-11)2-8-15(20)19-12-4-6-13(7-5-12)23(18,21)22/h1,3-7,9H,2,8H2,(H,19,20)(H2,18,21,22). The Kier molecular flexibility index (Phi) is 5.07. The molecule has 0 aromatic heterocycles. The van der Waals surface area contributed by atoms with E-state index in [1.807, 2.05) is 0 Å². The number of hydrogen-bond donors (Lipinski definition) is 2. The van der Waals surface area contributed by atoms with E-state index in [4.69, 9.17) is 5.14 Å². The second-order valence-electron chi connectivity index (χ2n) is 4.85. The largest absolute Gasteiger partial charge is 0.326 e. The molecular weight excluding hydrogens is 326 g/mol. The third kappa shape index (κ3) is 4.83. The number of carbonyl (C=O) groups excluding carboxylic acids is 1. The summed E-state index contributed by atoms with van der Waals surface area (Å²) >= 11 is 0. The number of nitrogens with two attached hydrogens (primary N) is 1. The van der Waals surface area contributed by atoms with Crippen molar-refractivity contribution in [1.82, 2.24) is 0 Å². The van der Waals surface area contributed by atoms with E-state index in [-0.39, 0.29) is 29.2 Å². The summed E-state index contributed by atoms with van der Waals surface area (Å²) in [5.74, 6) is -1.75. The fourth-order valence-electron chi connectivity index (χ4n) is 1.92. The second-order valence-corrected chi connectivity index (χ2v) is 6.41. The molecule has 0 aliphatic heterocycles. The topological polar surface area (TPSA) is 89.3 Å². The van der Waals surface area contributed by atoms with E-state index >= 15 is 0 Å². The minimum absolute atomic E-state index is 0.000505. The minimum Gasteiger partial charge on any atom is -0.326 e. The predicted octanol–water partition coefficient (Wildman–Crippen LogP) is 2.18. The zero-order valence-corrected chi connectivity index (χ0v) is 12.7. The summed E-state index contributed by atoms with van der Waals surface area (Å²) in [7, 11) is -3.79. The molecule has 0 aliphatic carbocycles. The number of nitrogens with one attached hydrogen (secondary N) is 1. The van der Waals surface area contributed by atoms with Crippen LogP contribution in [0.2, 0.25) is 0 Å². The lowest BCUT2D eigenvalue weighted by Gasteiger charge is -2.07. The number of carbonyl (C=O) groups is 1. The quantitative estimate of drug-likeness (QED) is 0.874. The van der Waals surface area contributed by atoms with Crippen LogP contribution in [0.1, 0.15) is 12.0 Å². The van der Waals surface area contributed by atoms with E-state index in [1.165, 1.54) is 30.3 Å². The molecule has 5 nitrogen and oxygen atoms in total. The van der Waals surface area contributed by atoms with Crippen LogP contribution in [0.15, 0.2) is 47.4 Å². The first-order valence-corrected chi connectivity index (χ1v) is 8.17. The lowest BCUT2D eigenvalue weighted by molar-refractivity contribution is -0.116. The summed E-state index contributed by atoms with van der Waals surface area (Å²) in [6.45, 7) is 0. The molecular formula is C15H14F2N2O3S. The van der Waals surface area contributed by atoms with Crippen LogP contribution in [0.5, 0.6) is 0 Å². The van der Waals surface area contributed by atoms with Gasteiger partial charge in [-0.2, -0.15) is 0 Å². The number of amides is 1. The maximum absolute atomic E-state index is 13.4. The molecule has 0 radical (unpaired) electrons. The van der Waals surface area contributed by atoms with Gasteiger partial charge in [0.05, 0.1) is 4.90 Å². The third-order valence-corrected chi connectivity index (χ3v) is 4.03. The van der Waals surface area contributed by atoms with E-state index < -0.39 is 21.7 Å². The molecule has 8 heteroatoms. The molecule has 0 saturated heterocycles. The van der Waals surface area contributed by atoms with Gasteiger partial charge in [0.15, 0.2) is 0 Å². The summed E-state index contributed by atoms with van der Waals surface area (Å²) in [5, 5.41) is 7.52. The summed E-state index contributed by atoms with van der Waals surface area (Å²) < 4.78 is 48.4. The lowest BCUT2D eigenvalue weighted by atomic mass is 10.1. The summed E-state index contributed by atoms with van der Waals surface area (Å²) in [5.41, 5.74) is 0.633. The molecule has 2 rings (SSSR count). The molecule has 0 bridgehead atoms. The highest BCUT2D eigenvalue weighted by molar-refractivity contribution is 7.89. The maximum Gasteiger partial charge on any atom is 0.238 e. The number of aryl methyl sites for hydroxylation is 1. The normalized spacial score (nSPS) is 11.3. The smallest absolute Gasteiger partial charge is 0.238 e. The van der Waals surface area contributed by atoms with E-state index in [9.17, 15) is 22.0 Å². The Morgan fingerprint density at radius 2 is 1.74 bits per heavy atom. The molecule has 122 valence electrons. The fourth-order valence-corrected chi connectivity index (χ4v) is 2.44. The maximum atomic E-state index is 13.4. The number of primary sulfonamides is 1. The third-order valence-electron chi connectivity index (χ3n) is 3.10. The van der Waals surface area contributed by atoms with Crippen LogP contribution in [0.4, 0.5) is 14.5 Å². The Balaban J connectivity index is 1.94. The zero-order valence-electron chi connectivity index (χ0n) is 11.9. The Bertz CT molecular complexity index is 821. The monoisotopic (exact) mass is 340 g/mol. The molecule has 3 N–H and O–H groups in total. The van der Waals surface area contributed by atoms with Gasteiger partial charge in [0.2, 0.25) is 15.9 Å². The number of anilines is 1. The highest BCUT2D eigenvalue weighted by Crippen LogP contribution is 2.15. The molecule has 0 fully saturated rings. The summed E-state index contributed by atoms with van der Waals surface area (Å²) in [6.07, 6.45) is 0.118. The molecule has 0 unspecified atom stereocenters. The van der Waals surface area contributed by atoms with Crippen LogP contribution in [0.3, 0.4) is 0 Å². The van der Waals surface area contributed by atoms with Gasteiger partial charge in [-0.3, -0.25) is 4.79 Å². The first-order chi connectivity index (χ1) is 10.8. The van der Waals surface area contributed by atoms with Gasteiger partial charge in [0.25, 0.3) is 0 Å². The molecule has 0 atom stereocenters. The van der Waals surface area contributed by atoms with Gasteiger partial charge in [-0.05, 0) is 42.3 Å². The zero-order chi connectivity index (χ0) is 17.0. The van der Waals surface area contributed by atoms with Gasteiger partial charge in [0, 0.05) is 18.2 Å². The molecule has 0 spiro atoms. The summed E-state index contributed by atoms with van der Waals surface area (Å²) in [4.78, 5) is 11.7. The number of halogens is 2. The Hall–Kier alpha value is -2.32. The molecule has 2 aromatic carbocycles. The van der Waals surface area contributed by atoms with Crippen molar-refractivity contribution in [2.45, 2.75) is 17.7 Å². The van der Waals surface area contributed by atoms with E-state index in [0.717, 1.165) is 12.1 Å². The van der Waals surface area contributed by atoms with Crippen LogP contribution in [0.25, 0.3) is 0 Å². The SMILES string of the molecule is NS(=O)(=O)c1ccc(NC(=O)CCc2ccc(F)cc2F)cc1. The molecule has 2 aromatic rings. The average Bonchev–Trinajstić information content (AvgIpc) is 2.46. The Labute approximate surface area is 132 Å². The van der Waals surface area contributed by atoms with Crippen molar-refractivity contribution in [2.24, 2.45) is 5.14 Å². The number of rotatable bonds is 5. The van der Waals surface area contributed by atoms with Crippen molar-refractivity contribution in [2.75, 3.05) is 5.32 Å². The van der Waals surface area contributed by atoms with Gasteiger partial charge >= 0.3 is 0 Å². The van der Waals surface area contributed by atoms with Crippen LogP contribution >= 0.6 is 0 Å². The average molecular weight is 340 g/mol. The van der Waals surface area contributed by atoms with Gasteiger partial charge in [-0.25, -0.2) is 22.3 Å². The van der Waals surface area contributed by atoms with Crippen LogP contribution < -0.4 is 10.5 Å². The van der Waals surface area contributed by atoms with Crippen molar-refractivity contribution in [1.29, 1.82) is 0 Å². The molecule has 23 heavy (non-hydrogen) atoms. The van der Waals surface area contributed by atoms with Crippen LogP contribution in [-0.2, 0) is 21.2 Å². The van der Waals surface area contributed by atoms with E-state index in [0.29, 0.717) is 5.69 Å². The van der Waals surface area contributed by atoms with E-state index in [1.54, 1.807) is 0 Å². The van der Waals surface area contributed by atoms with Gasteiger partial charge < -0.3 is 5.32 Å². The highest BCUT2D eigenvalue weighted by atomic mass is 32.2. The van der Waals surface area contributed by atoms with Gasteiger partial charge in [-0.15, -0.1) is 0 Å². The van der Waals surface area contributed by atoms with Crippen LogP contribution in [-0.4, -0.2) is 14.3 Å². The number of benzene rings is 2. The Morgan fingerprint density at radius 1 is 1.09 bits per heavy atom. The number of sulfonamides is 1. The molecule has 0 heterocycles. The molecule has 0 aliphatic rings. The van der Waals surface area contributed by atoms with Crippen molar-refractivity contribution in [3.63, 3.8) is 0 Å². The first kappa shape index (κ1) is 17.0. The van der Waals surface area contributed by atoms with E-state index in [2.05, 4.69) is 5.32 Å². The van der Waals surface area contributed by atoms with Crippen LogP contribution in [0, 0.1) is 11.6 Å². The summed E-state index contributed by atoms with van der Waals surface area (Å²) in [6, 6.07) is 8.52. The second kappa shape index (κ2) is 6.84. The van der Waals surface area contributed by atoms with Gasteiger partial charge in [0.1, 0.15) is 11.6 Å². The first-order valence-electron chi connectivity index (χ1n) is 6.62. The van der Waals surface area contributed by atoms with Crippen molar-refractivity contribution < 1.29 is 22.0 Å². The highest BCUT2D eigenvalue weighted by Gasteiger charge is 2.09. The van der Waals surface area contributed by atoms with Crippen molar-refractivity contribution >= 4 is 21.6 Å². The number of hydrogen-bond acceptors (Lipinski definition) is 3. The predicted molar refractivity (Wildman–Crippen MR) is 81.1 cm³/mol. The van der Waals surface area contributed by atoms with Crippen molar-refractivity contribution in [3.05, 3.63) is 59.7 Å². The fraction of sp³-hybridized carbons (Fsp3) is 0.133. The lowest BCUT2D eigenvalue weighted by Crippen LogP contribution is -2.14. The minimum atomic E-state index is -3.79. The van der Waals surface area contributed by atoms with Crippen molar-refractivity contribution in [3.8, 4) is 0 Å². The molecule has 1 amide bonds. The Morgan fingerprint density at radius 3 is 2.30 bits per heavy atom. The molecule has 0 saturated carbocycles. The van der Waals surface area contributed by atoms with Gasteiger partial charge in [-0.1, -0.05) is 6.07 Å².